The van der Waals surface area contributed by atoms with Crippen LogP contribution in [0.15, 0.2) is 52.6 Å². The maximum atomic E-state index is 13.2. The molecule has 3 heterocycles. The third-order valence-electron chi connectivity index (χ3n) is 5.45. The van der Waals surface area contributed by atoms with Crippen molar-refractivity contribution in [2.24, 2.45) is 0 Å². The maximum Gasteiger partial charge on any atom is 0.264 e. The van der Waals surface area contributed by atoms with E-state index in [1.165, 1.54) is 27.0 Å². The van der Waals surface area contributed by atoms with Gasteiger partial charge in [0, 0.05) is 60.4 Å². The normalized spacial score (nSPS) is 15.0. The van der Waals surface area contributed by atoms with Crippen molar-refractivity contribution in [3.8, 4) is 0 Å². The van der Waals surface area contributed by atoms with Gasteiger partial charge in [0.25, 0.3) is 15.9 Å². The first-order valence-corrected chi connectivity index (χ1v) is 13.7. The van der Waals surface area contributed by atoms with Crippen LogP contribution in [0.4, 0.5) is 0 Å². The molecule has 1 aromatic carbocycles. The predicted octanol–water partition coefficient (Wildman–Crippen LogP) is 4.21. The van der Waals surface area contributed by atoms with E-state index in [0.29, 0.717) is 40.9 Å². The number of likely N-dealkylation sites (N-methyl/N-ethyl adjacent to an activating group) is 1. The first kappa shape index (κ1) is 23.9. The van der Waals surface area contributed by atoms with E-state index in [0.717, 1.165) is 10.1 Å². The molecule has 174 valence electrons. The van der Waals surface area contributed by atoms with Crippen LogP contribution in [0.3, 0.4) is 0 Å². The van der Waals surface area contributed by atoms with Crippen molar-refractivity contribution in [3.05, 3.63) is 63.8 Å². The minimum atomic E-state index is -3.64. The first-order valence-electron chi connectivity index (χ1n) is 10.2. The number of carbonyl (C=O) groups is 1. The molecule has 7 nitrogen and oxygen atoms in total. The van der Waals surface area contributed by atoms with E-state index >= 15 is 0 Å². The van der Waals surface area contributed by atoms with Crippen molar-refractivity contribution >= 4 is 66.1 Å². The molecule has 0 bridgehead atoms. The molecular weight excluding hydrogens is 500 g/mol. The zero-order chi connectivity index (χ0) is 23.8. The third-order valence-corrected chi connectivity index (χ3v) is 10.0. The molecular formula is C22H23ClN4O3S3. The van der Waals surface area contributed by atoms with Crippen LogP contribution < -0.4 is 0 Å². The lowest BCUT2D eigenvalue weighted by Crippen LogP contribution is -2.50. The summed E-state index contributed by atoms with van der Waals surface area (Å²) >= 11 is 8.53. The first-order chi connectivity index (χ1) is 15.7. The van der Waals surface area contributed by atoms with E-state index in [9.17, 15) is 13.2 Å². The Morgan fingerprint density at radius 3 is 2.67 bits per heavy atom. The fourth-order valence-corrected chi connectivity index (χ4v) is 7.71. The zero-order valence-electron chi connectivity index (χ0n) is 18.0. The Balaban J connectivity index is 1.42. The van der Waals surface area contributed by atoms with Crippen LogP contribution in [0.5, 0.6) is 0 Å². The minimum absolute atomic E-state index is 0.140. The molecule has 33 heavy (non-hydrogen) atoms. The van der Waals surface area contributed by atoms with E-state index in [1.807, 2.05) is 6.07 Å². The molecule has 1 fully saturated rings. The lowest BCUT2D eigenvalue weighted by Gasteiger charge is -2.33. The Morgan fingerprint density at radius 1 is 1.24 bits per heavy atom. The summed E-state index contributed by atoms with van der Waals surface area (Å²) in [5, 5.41) is 11.5. The number of nitrogens with one attached hydrogen (secondary N) is 1. The van der Waals surface area contributed by atoms with Crippen molar-refractivity contribution in [3.63, 3.8) is 0 Å². The smallest absolute Gasteiger partial charge is 0.264 e. The van der Waals surface area contributed by atoms with Gasteiger partial charge in [-0.1, -0.05) is 23.7 Å². The van der Waals surface area contributed by atoms with Crippen molar-refractivity contribution in [2.75, 3.05) is 39.8 Å². The quantitative estimate of drug-likeness (QED) is 0.298. The number of amides is 1. The van der Waals surface area contributed by atoms with Gasteiger partial charge in [0.05, 0.1) is 4.88 Å². The van der Waals surface area contributed by atoms with E-state index < -0.39 is 10.0 Å². The molecule has 1 saturated heterocycles. The summed E-state index contributed by atoms with van der Waals surface area (Å²) < 4.78 is 28.8. The summed E-state index contributed by atoms with van der Waals surface area (Å²) in [6, 6.07) is 8.72. The Hall–Kier alpha value is -2.24. The molecule has 1 aliphatic rings. The number of benzene rings is 1. The summed E-state index contributed by atoms with van der Waals surface area (Å²) in [6.45, 7) is 5.32. The van der Waals surface area contributed by atoms with Crippen LogP contribution in [-0.2, 0) is 10.0 Å². The lowest BCUT2D eigenvalue weighted by atomic mass is 10.2. The fourth-order valence-electron chi connectivity index (χ4n) is 3.60. The summed E-state index contributed by atoms with van der Waals surface area (Å²) in [5.74, 6) is 0.185. The van der Waals surface area contributed by atoms with Crippen molar-refractivity contribution in [1.29, 1.82) is 5.41 Å². The highest BCUT2D eigenvalue weighted by Crippen LogP contribution is 2.33. The second kappa shape index (κ2) is 9.55. The highest BCUT2D eigenvalue weighted by molar-refractivity contribution is 7.91. The Labute approximate surface area is 206 Å². The molecule has 1 aliphatic heterocycles. The Kier molecular flexibility index (Phi) is 6.92. The summed E-state index contributed by atoms with van der Waals surface area (Å²) in [7, 11) is -1.84. The molecule has 0 spiro atoms. The number of hydrogen-bond acceptors (Lipinski definition) is 6. The zero-order valence-corrected chi connectivity index (χ0v) is 21.2. The van der Waals surface area contributed by atoms with Crippen molar-refractivity contribution in [2.45, 2.75) is 4.21 Å². The van der Waals surface area contributed by atoms with Gasteiger partial charge in [-0.3, -0.25) is 10.2 Å². The number of carbonyl (C=O) groups excluding carboxylic acids is 1. The molecule has 2 aromatic heterocycles. The average molecular weight is 523 g/mol. The monoisotopic (exact) mass is 522 g/mol. The standard InChI is InChI=1S/C22H23ClN4O3S3/c1-3-6-25(2)21(24)16-11-19(31-14-16)22(28)26-7-9-27(10-8-26)33(29,30)20-12-15-4-5-17(23)13-18(15)32-20/h3-5,11-14,24H,1,6-10H2,2H3. The van der Waals surface area contributed by atoms with E-state index in [2.05, 4.69) is 6.58 Å². The fraction of sp³-hybridized carbons (Fsp3) is 0.273. The van der Waals surface area contributed by atoms with Crippen molar-refractivity contribution < 1.29 is 13.2 Å². The van der Waals surface area contributed by atoms with Gasteiger partial charge >= 0.3 is 0 Å². The Morgan fingerprint density at radius 2 is 1.97 bits per heavy atom. The number of piperazine rings is 1. The topological polar surface area (TPSA) is 84.8 Å². The number of rotatable bonds is 6. The maximum absolute atomic E-state index is 13.2. The van der Waals surface area contributed by atoms with Gasteiger partial charge in [-0.25, -0.2) is 8.42 Å². The number of amidine groups is 1. The van der Waals surface area contributed by atoms with Gasteiger partial charge in [0.15, 0.2) is 0 Å². The molecule has 1 amide bonds. The van der Waals surface area contributed by atoms with Crippen LogP contribution >= 0.6 is 34.3 Å². The number of halogens is 1. The molecule has 0 aliphatic carbocycles. The largest absolute Gasteiger partial charge is 0.356 e. The molecule has 0 unspecified atom stereocenters. The summed E-state index contributed by atoms with van der Waals surface area (Å²) in [6.07, 6.45) is 1.72. The van der Waals surface area contributed by atoms with E-state index in [-0.39, 0.29) is 23.2 Å². The van der Waals surface area contributed by atoms with Gasteiger partial charge in [-0.05, 0) is 29.7 Å². The Bertz CT molecular complexity index is 1320. The number of sulfonamides is 1. The van der Waals surface area contributed by atoms with Crippen molar-refractivity contribution in [1.82, 2.24) is 14.1 Å². The highest BCUT2D eigenvalue weighted by Gasteiger charge is 2.32. The van der Waals surface area contributed by atoms with Gasteiger partial charge in [0.2, 0.25) is 0 Å². The minimum Gasteiger partial charge on any atom is -0.356 e. The third kappa shape index (κ3) is 4.85. The molecule has 4 rings (SSSR count). The van der Waals surface area contributed by atoms with Crippen LogP contribution in [0.25, 0.3) is 10.1 Å². The van der Waals surface area contributed by atoms with Crippen LogP contribution in [0.1, 0.15) is 15.2 Å². The number of thiophene rings is 2. The van der Waals surface area contributed by atoms with Gasteiger partial charge in [-0.2, -0.15) is 4.31 Å². The lowest BCUT2D eigenvalue weighted by molar-refractivity contribution is 0.0703. The van der Waals surface area contributed by atoms with Crippen LogP contribution in [0.2, 0.25) is 5.02 Å². The molecule has 0 radical (unpaired) electrons. The van der Waals surface area contributed by atoms with E-state index in [1.54, 1.807) is 52.6 Å². The number of hydrogen-bond donors (Lipinski definition) is 1. The molecule has 0 atom stereocenters. The number of fused-ring (bicyclic) bond motifs is 1. The summed E-state index contributed by atoms with van der Waals surface area (Å²) in [5.41, 5.74) is 0.679. The summed E-state index contributed by atoms with van der Waals surface area (Å²) in [4.78, 5) is 16.9. The van der Waals surface area contributed by atoms with Crippen LogP contribution in [0, 0.1) is 5.41 Å². The van der Waals surface area contributed by atoms with Crippen LogP contribution in [-0.4, -0.2) is 74.0 Å². The second-order valence-corrected chi connectivity index (χ2v) is 12.3. The molecule has 11 heteroatoms. The number of nitrogens with zero attached hydrogens (tertiary/aromatic N) is 3. The van der Waals surface area contributed by atoms with Gasteiger partial charge < -0.3 is 9.80 Å². The van der Waals surface area contributed by atoms with E-state index in [4.69, 9.17) is 17.0 Å². The predicted molar refractivity (Wildman–Crippen MR) is 135 cm³/mol. The molecule has 3 aromatic rings. The SMILES string of the molecule is C=CCN(C)C(=N)c1csc(C(=O)N2CCN(S(=O)(=O)c3cc4ccc(Cl)cc4s3)CC2)c1. The average Bonchev–Trinajstić information content (AvgIpc) is 3.46. The second-order valence-electron chi connectivity index (χ2n) is 7.66. The molecule has 0 saturated carbocycles. The van der Waals surface area contributed by atoms with Gasteiger partial charge in [0.1, 0.15) is 10.0 Å². The van der Waals surface area contributed by atoms with Gasteiger partial charge in [-0.15, -0.1) is 29.3 Å². The highest BCUT2D eigenvalue weighted by atomic mass is 35.5. The molecule has 1 N–H and O–H groups in total.